The van der Waals surface area contributed by atoms with Crippen molar-refractivity contribution < 1.29 is 25.2 Å². The minimum Gasteiger partial charge on any atom is -0.481 e. The lowest BCUT2D eigenvalue weighted by atomic mass is 10.1. The Bertz CT molecular complexity index is 183. The lowest BCUT2D eigenvalue weighted by Gasteiger charge is -1.99. The molecule has 0 rings (SSSR count). The summed E-state index contributed by atoms with van der Waals surface area (Å²) in [7, 11) is 0. The van der Waals surface area contributed by atoms with E-state index in [0.717, 1.165) is 44.9 Å². The van der Waals surface area contributed by atoms with Gasteiger partial charge in [0.1, 0.15) is 0 Å². The van der Waals surface area contributed by atoms with Crippen molar-refractivity contribution in [3.8, 4) is 0 Å². The zero-order valence-corrected chi connectivity index (χ0v) is 12.1. The molecule has 0 spiro atoms. The van der Waals surface area contributed by atoms with Crippen molar-refractivity contribution in [2.45, 2.75) is 77.4 Å². The lowest BCUT2D eigenvalue weighted by molar-refractivity contribution is -0.137. The number of hydrogen-bond acceptors (Lipinski definition) is 4. The van der Waals surface area contributed by atoms with Crippen LogP contribution in [-0.2, 0) is 4.79 Å². The minimum atomic E-state index is -1.10. The molecule has 0 saturated heterocycles. The molecule has 5 nitrogen and oxygen atoms in total. The van der Waals surface area contributed by atoms with E-state index in [9.17, 15) is 4.79 Å². The van der Waals surface area contributed by atoms with Gasteiger partial charge in [-0.1, -0.05) is 45.4 Å². The van der Waals surface area contributed by atoms with E-state index >= 15 is 0 Å². The Kier molecular flexibility index (Phi) is 18.9. The van der Waals surface area contributed by atoms with Gasteiger partial charge in [0.25, 0.3) is 0 Å². The van der Waals surface area contributed by atoms with Crippen molar-refractivity contribution in [1.82, 2.24) is 0 Å². The van der Waals surface area contributed by atoms with Crippen molar-refractivity contribution >= 4 is 5.97 Å². The van der Waals surface area contributed by atoms with Crippen molar-refractivity contribution in [2.75, 3.05) is 6.61 Å². The van der Waals surface area contributed by atoms with Gasteiger partial charge in [0.2, 0.25) is 0 Å². The van der Waals surface area contributed by atoms with Crippen LogP contribution in [0.15, 0.2) is 0 Å². The first-order chi connectivity index (χ1) is 9.04. The van der Waals surface area contributed by atoms with E-state index in [1.54, 1.807) is 0 Å². The number of rotatable bonds is 11. The highest BCUT2D eigenvalue weighted by molar-refractivity contribution is 5.66. The molecule has 0 aromatic heterocycles. The van der Waals surface area contributed by atoms with Crippen LogP contribution in [0.2, 0.25) is 0 Å². The number of carboxylic acids is 1. The van der Waals surface area contributed by atoms with E-state index < -0.39 is 12.3 Å². The number of aliphatic hydroxyl groups is 3. The van der Waals surface area contributed by atoms with Crippen LogP contribution in [-0.4, -0.2) is 39.3 Å². The van der Waals surface area contributed by atoms with Crippen LogP contribution in [0.25, 0.3) is 0 Å². The van der Waals surface area contributed by atoms with Gasteiger partial charge in [-0.15, -0.1) is 0 Å². The Morgan fingerprint density at radius 3 is 1.74 bits per heavy atom. The van der Waals surface area contributed by atoms with Crippen LogP contribution >= 0.6 is 0 Å². The topological polar surface area (TPSA) is 98.0 Å². The minimum absolute atomic E-state index is 0.291. The normalized spacial score (nSPS) is 10.2. The Morgan fingerprint density at radius 2 is 1.42 bits per heavy atom. The summed E-state index contributed by atoms with van der Waals surface area (Å²) in [6.45, 7) is 2.19. The Balaban J connectivity index is 0. The standard InChI is InChI=1S/C10H20O3.C4H10O2/c11-9-7-5-3-1-2-4-6-8-10(12)13;1-2-3-4(5)6/h11H,1-9H2,(H,12,13);4-6H,2-3H2,1H3. The summed E-state index contributed by atoms with van der Waals surface area (Å²) >= 11 is 0. The molecule has 0 aromatic carbocycles. The molecule has 0 radical (unpaired) electrons. The number of aliphatic hydroxyl groups excluding tert-OH is 2. The fourth-order valence-electron chi connectivity index (χ4n) is 1.53. The first kappa shape index (κ1) is 20.7. The molecule has 0 aliphatic heterocycles. The first-order valence-corrected chi connectivity index (χ1v) is 7.23. The number of carbonyl (C=O) groups is 1. The second-order valence-electron chi connectivity index (χ2n) is 4.61. The predicted octanol–water partition coefficient (Wildman–Crippen LogP) is 2.28. The zero-order valence-electron chi connectivity index (χ0n) is 12.1. The molecule has 0 aromatic rings. The average Bonchev–Trinajstić information content (AvgIpc) is 2.33. The van der Waals surface area contributed by atoms with Gasteiger partial charge in [-0.05, 0) is 19.3 Å². The third kappa shape index (κ3) is 26.8. The van der Waals surface area contributed by atoms with E-state index in [2.05, 4.69) is 0 Å². The first-order valence-electron chi connectivity index (χ1n) is 7.23. The van der Waals surface area contributed by atoms with Crippen molar-refractivity contribution in [3.63, 3.8) is 0 Å². The third-order valence-electron chi connectivity index (χ3n) is 2.60. The summed E-state index contributed by atoms with van der Waals surface area (Å²) < 4.78 is 0. The molecular weight excluding hydrogens is 248 g/mol. The van der Waals surface area contributed by atoms with Gasteiger partial charge in [0, 0.05) is 13.0 Å². The Morgan fingerprint density at radius 1 is 0.947 bits per heavy atom. The van der Waals surface area contributed by atoms with E-state index in [-0.39, 0.29) is 0 Å². The van der Waals surface area contributed by atoms with Gasteiger partial charge in [0.05, 0.1) is 0 Å². The van der Waals surface area contributed by atoms with E-state index in [4.69, 9.17) is 20.4 Å². The smallest absolute Gasteiger partial charge is 0.303 e. The summed E-state index contributed by atoms with van der Waals surface area (Å²) in [5, 5.41) is 33.1. The molecule has 0 bridgehead atoms. The van der Waals surface area contributed by atoms with Crippen LogP contribution < -0.4 is 0 Å². The second kappa shape index (κ2) is 17.4. The number of hydrogen-bond donors (Lipinski definition) is 4. The molecule has 4 N–H and O–H groups in total. The summed E-state index contributed by atoms with van der Waals surface area (Å²) in [4.78, 5) is 10.1. The van der Waals surface area contributed by atoms with Crippen molar-refractivity contribution in [2.24, 2.45) is 0 Å². The fraction of sp³-hybridized carbons (Fsp3) is 0.929. The molecule has 0 aliphatic carbocycles. The number of unbranched alkanes of at least 4 members (excludes halogenated alkanes) is 6. The fourth-order valence-corrected chi connectivity index (χ4v) is 1.53. The predicted molar refractivity (Wildman–Crippen MR) is 74.8 cm³/mol. The van der Waals surface area contributed by atoms with Crippen LogP contribution in [0.4, 0.5) is 0 Å². The SMILES string of the molecule is CCCC(O)O.O=C(O)CCCCCCCCCO. The second-order valence-corrected chi connectivity index (χ2v) is 4.61. The van der Waals surface area contributed by atoms with Crippen LogP contribution in [0, 0.1) is 0 Å². The average molecular weight is 278 g/mol. The molecule has 0 atom stereocenters. The van der Waals surface area contributed by atoms with Gasteiger partial charge in [-0.2, -0.15) is 0 Å². The van der Waals surface area contributed by atoms with Gasteiger partial charge in [-0.25, -0.2) is 0 Å². The Hall–Kier alpha value is -0.650. The maximum absolute atomic E-state index is 10.1. The molecule has 116 valence electrons. The number of carboxylic acid groups (broad SMARTS) is 1. The molecule has 19 heavy (non-hydrogen) atoms. The largest absolute Gasteiger partial charge is 0.481 e. The third-order valence-corrected chi connectivity index (χ3v) is 2.60. The monoisotopic (exact) mass is 278 g/mol. The molecule has 0 heterocycles. The quantitative estimate of drug-likeness (QED) is 0.343. The maximum Gasteiger partial charge on any atom is 0.303 e. The molecule has 0 amide bonds. The summed E-state index contributed by atoms with van der Waals surface area (Å²) in [6, 6.07) is 0. The molecular formula is C14H30O5. The molecule has 0 fully saturated rings. The molecule has 5 heteroatoms. The highest BCUT2D eigenvalue weighted by atomic mass is 16.5. The van der Waals surface area contributed by atoms with Crippen LogP contribution in [0.1, 0.15) is 71.1 Å². The van der Waals surface area contributed by atoms with Gasteiger partial charge in [0.15, 0.2) is 6.29 Å². The van der Waals surface area contributed by atoms with Crippen molar-refractivity contribution in [1.29, 1.82) is 0 Å². The van der Waals surface area contributed by atoms with E-state index in [1.807, 2.05) is 6.92 Å². The molecule has 0 saturated carbocycles. The summed E-state index contributed by atoms with van der Waals surface area (Å²) in [5.74, 6) is -0.694. The summed E-state index contributed by atoms with van der Waals surface area (Å²) in [6.07, 6.45) is 7.78. The van der Waals surface area contributed by atoms with Crippen LogP contribution in [0.3, 0.4) is 0 Å². The van der Waals surface area contributed by atoms with Gasteiger partial charge in [-0.3, -0.25) is 4.79 Å². The molecule has 0 aliphatic rings. The summed E-state index contributed by atoms with van der Waals surface area (Å²) in [5.41, 5.74) is 0. The highest BCUT2D eigenvalue weighted by Gasteiger charge is 1.96. The van der Waals surface area contributed by atoms with Gasteiger partial charge < -0.3 is 20.4 Å². The van der Waals surface area contributed by atoms with Crippen LogP contribution in [0.5, 0.6) is 0 Å². The zero-order chi connectivity index (χ0) is 14.9. The molecule has 0 unspecified atom stereocenters. The number of aliphatic carboxylic acids is 1. The van der Waals surface area contributed by atoms with Gasteiger partial charge >= 0.3 is 5.97 Å². The van der Waals surface area contributed by atoms with E-state index in [0.29, 0.717) is 19.4 Å². The maximum atomic E-state index is 10.1. The Labute approximate surface area is 116 Å². The van der Waals surface area contributed by atoms with E-state index in [1.165, 1.54) is 6.42 Å². The highest BCUT2D eigenvalue weighted by Crippen LogP contribution is 2.08. The lowest BCUT2D eigenvalue weighted by Crippen LogP contribution is -2.01. The van der Waals surface area contributed by atoms with Crippen molar-refractivity contribution in [3.05, 3.63) is 0 Å².